The van der Waals surface area contributed by atoms with Crippen LogP contribution in [-0.4, -0.2) is 55.2 Å². The Kier molecular flexibility index (Phi) is 5.46. The third-order valence-electron chi connectivity index (χ3n) is 6.20. The largest absolute Gasteiger partial charge is 0.381 e. The van der Waals surface area contributed by atoms with Crippen LogP contribution < -0.4 is 5.32 Å². The number of methoxy groups -OCH3 is 1. The van der Waals surface area contributed by atoms with E-state index in [-0.39, 0.29) is 0 Å². The molecule has 4 aromatic heterocycles. The summed E-state index contributed by atoms with van der Waals surface area (Å²) in [5.74, 6) is 1.11. The van der Waals surface area contributed by atoms with Crippen molar-refractivity contribution >= 4 is 28.1 Å². The first kappa shape index (κ1) is 20.7. The van der Waals surface area contributed by atoms with Crippen molar-refractivity contribution in [2.75, 3.05) is 12.4 Å². The highest BCUT2D eigenvalue weighted by molar-refractivity contribution is 5.95. The summed E-state index contributed by atoms with van der Waals surface area (Å²) in [6.45, 7) is 1.30. The molecule has 0 amide bonds. The van der Waals surface area contributed by atoms with Crippen molar-refractivity contribution in [3.63, 3.8) is 0 Å². The van der Waals surface area contributed by atoms with Gasteiger partial charge in [-0.3, -0.25) is 0 Å². The molecule has 4 heterocycles. The predicted molar refractivity (Wildman–Crippen MR) is 118 cm³/mol. The lowest BCUT2D eigenvalue weighted by atomic mass is 9.93. The van der Waals surface area contributed by atoms with Crippen molar-refractivity contribution in [3.8, 4) is 11.1 Å². The summed E-state index contributed by atoms with van der Waals surface area (Å²) < 4.78 is 33.0. The number of nitrogens with zero attached hydrogens (tertiary/aromatic N) is 5. The van der Waals surface area contributed by atoms with E-state index in [0.29, 0.717) is 40.7 Å². The second kappa shape index (κ2) is 8.42. The predicted octanol–water partition coefficient (Wildman–Crippen LogP) is 4.31. The van der Waals surface area contributed by atoms with Gasteiger partial charge in [-0.2, -0.15) is 4.98 Å². The summed E-state index contributed by atoms with van der Waals surface area (Å²) in [5, 5.41) is 4.27. The molecule has 8 nitrogen and oxygen atoms in total. The SMILES string of the molecule is COC1CCC(Nc2ncc3c(-c4cnc5nc(C)n(CC(F)F)c5c4)c[nH]c3n2)CC1. The van der Waals surface area contributed by atoms with E-state index in [2.05, 4.69) is 30.2 Å². The highest BCUT2D eigenvalue weighted by atomic mass is 19.3. The molecule has 168 valence electrons. The second-order valence-electron chi connectivity index (χ2n) is 8.24. The Morgan fingerprint density at radius 1 is 1.19 bits per heavy atom. The molecule has 32 heavy (non-hydrogen) atoms. The number of hydrogen-bond donors (Lipinski definition) is 2. The maximum Gasteiger partial charge on any atom is 0.256 e. The number of ether oxygens (including phenoxy) is 1. The smallest absolute Gasteiger partial charge is 0.256 e. The number of imidazole rings is 1. The van der Waals surface area contributed by atoms with Crippen LogP contribution in [0.5, 0.6) is 0 Å². The van der Waals surface area contributed by atoms with Crippen LogP contribution in [0.25, 0.3) is 33.3 Å². The standard InChI is InChI=1S/C22H25F2N7O/c1-12-28-21-18(31(12)11-19(23)24)7-13(8-25-21)16-9-26-20-17(16)10-27-22(30-20)29-14-3-5-15(32-2)6-4-14/h7-10,14-15,19H,3-6,11H2,1-2H3,(H2,26,27,29,30). The van der Waals surface area contributed by atoms with Crippen LogP contribution in [0, 0.1) is 6.92 Å². The Morgan fingerprint density at radius 3 is 2.75 bits per heavy atom. The van der Waals surface area contributed by atoms with Gasteiger partial charge in [-0.15, -0.1) is 0 Å². The molecule has 1 fully saturated rings. The van der Waals surface area contributed by atoms with Gasteiger partial charge in [0.1, 0.15) is 11.5 Å². The first-order valence-corrected chi connectivity index (χ1v) is 10.8. The number of anilines is 1. The number of nitrogens with one attached hydrogen (secondary N) is 2. The lowest BCUT2D eigenvalue weighted by Crippen LogP contribution is -2.29. The highest BCUT2D eigenvalue weighted by Crippen LogP contribution is 2.30. The lowest BCUT2D eigenvalue weighted by Gasteiger charge is -2.28. The van der Waals surface area contributed by atoms with Gasteiger partial charge in [0, 0.05) is 48.3 Å². The Balaban J connectivity index is 1.42. The molecule has 0 aromatic carbocycles. The summed E-state index contributed by atoms with van der Waals surface area (Å²) in [6.07, 6.45) is 7.30. The van der Waals surface area contributed by atoms with Crippen LogP contribution in [0.2, 0.25) is 0 Å². The van der Waals surface area contributed by atoms with Gasteiger partial charge in [0.05, 0.1) is 18.2 Å². The minimum absolute atomic E-state index is 0.332. The fourth-order valence-corrected chi connectivity index (χ4v) is 4.48. The van der Waals surface area contributed by atoms with Gasteiger partial charge in [0.15, 0.2) is 5.65 Å². The molecule has 0 unspecified atom stereocenters. The first-order valence-electron chi connectivity index (χ1n) is 10.8. The van der Waals surface area contributed by atoms with Gasteiger partial charge in [0.2, 0.25) is 5.95 Å². The Labute approximate surface area is 183 Å². The van der Waals surface area contributed by atoms with Crippen LogP contribution in [-0.2, 0) is 11.3 Å². The summed E-state index contributed by atoms with van der Waals surface area (Å²) in [4.78, 5) is 21.0. The minimum atomic E-state index is -2.47. The van der Waals surface area contributed by atoms with Gasteiger partial charge < -0.3 is 19.6 Å². The number of halogens is 2. The zero-order valence-corrected chi connectivity index (χ0v) is 18.0. The number of H-pyrrole nitrogens is 1. The molecule has 1 aliphatic rings. The Morgan fingerprint density at radius 2 is 2.00 bits per heavy atom. The molecule has 1 aliphatic carbocycles. The summed E-state index contributed by atoms with van der Waals surface area (Å²) >= 11 is 0. The molecule has 2 N–H and O–H groups in total. The van der Waals surface area contributed by atoms with Gasteiger partial charge in [-0.1, -0.05) is 0 Å². The number of rotatable bonds is 6. The molecule has 0 bridgehead atoms. The van der Waals surface area contributed by atoms with Crippen LogP contribution in [0.3, 0.4) is 0 Å². The quantitative estimate of drug-likeness (QED) is 0.463. The van der Waals surface area contributed by atoms with E-state index in [9.17, 15) is 8.78 Å². The van der Waals surface area contributed by atoms with E-state index >= 15 is 0 Å². The molecule has 5 rings (SSSR count). The summed E-state index contributed by atoms with van der Waals surface area (Å²) in [6, 6.07) is 2.17. The number of hydrogen-bond acceptors (Lipinski definition) is 6. The average molecular weight is 441 g/mol. The van der Waals surface area contributed by atoms with E-state index < -0.39 is 13.0 Å². The summed E-state index contributed by atoms with van der Waals surface area (Å²) in [5.41, 5.74) is 3.41. The fraction of sp³-hybridized carbons (Fsp3) is 0.455. The first-order chi connectivity index (χ1) is 15.5. The van der Waals surface area contributed by atoms with Crippen LogP contribution in [0.15, 0.2) is 24.7 Å². The second-order valence-corrected chi connectivity index (χ2v) is 8.24. The van der Waals surface area contributed by atoms with Gasteiger partial charge >= 0.3 is 0 Å². The van der Waals surface area contributed by atoms with Crippen molar-refractivity contribution in [1.29, 1.82) is 0 Å². The molecule has 0 aliphatic heterocycles. The average Bonchev–Trinajstić information content (AvgIpc) is 3.34. The molecule has 0 radical (unpaired) electrons. The maximum absolute atomic E-state index is 13.0. The molecule has 0 atom stereocenters. The fourth-order valence-electron chi connectivity index (χ4n) is 4.48. The molecule has 1 saturated carbocycles. The van der Waals surface area contributed by atoms with Crippen LogP contribution in [0.4, 0.5) is 14.7 Å². The maximum atomic E-state index is 13.0. The van der Waals surface area contributed by atoms with Crippen LogP contribution >= 0.6 is 0 Å². The number of aromatic nitrogens is 6. The van der Waals surface area contributed by atoms with Crippen molar-refractivity contribution in [2.24, 2.45) is 0 Å². The van der Waals surface area contributed by atoms with E-state index in [1.54, 1.807) is 26.4 Å². The highest BCUT2D eigenvalue weighted by Gasteiger charge is 2.22. The molecule has 10 heteroatoms. The topological polar surface area (TPSA) is 93.5 Å². The van der Waals surface area contributed by atoms with Crippen LogP contribution in [0.1, 0.15) is 31.5 Å². The Hall–Kier alpha value is -3.14. The van der Waals surface area contributed by atoms with E-state index in [4.69, 9.17) is 4.74 Å². The summed E-state index contributed by atoms with van der Waals surface area (Å²) in [7, 11) is 1.76. The van der Waals surface area contributed by atoms with Crippen molar-refractivity contribution in [2.45, 2.75) is 57.7 Å². The molecule has 0 spiro atoms. The van der Waals surface area contributed by atoms with E-state index in [1.807, 2.05) is 12.3 Å². The number of pyridine rings is 1. The van der Waals surface area contributed by atoms with Gasteiger partial charge in [0.25, 0.3) is 6.43 Å². The number of alkyl halides is 2. The molecule has 0 saturated heterocycles. The third-order valence-corrected chi connectivity index (χ3v) is 6.20. The van der Waals surface area contributed by atoms with Gasteiger partial charge in [-0.05, 0) is 38.7 Å². The monoisotopic (exact) mass is 441 g/mol. The zero-order chi connectivity index (χ0) is 22.2. The molecular weight excluding hydrogens is 416 g/mol. The molecule has 4 aromatic rings. The van der Waals surface area contributed by atoms with Crippen molar-refractivity contribution in [3.05, 3.63) is 30.5 Å². The van der Waals surface area contributed by atoms with Crippen molar-refractivity contribution < 1.29 is 13.5 Å². The Bertz CT molecular complexity index is 1240. The minimum Gasteiger partial charge on any atom is -0.381 e. The molecular formula is C22H25F2N7O. The normalized spacial score (nSPS) is 19.3. The number of aryl methyl sites for hydroxylation is 1. The number of aromatic amines is 1. The third kappa shape index (κ3) is 3.90. The lowest BCUT2D eigenvalue weighted by molar-refractivity contribution is 0.0681. The van der Waals surface area contributed by atoms with E-state index in [0.717, 1.165) is 42.2 Å². The van der Waals surface area contributed by atoms with Gasteiger partial charge in [-0.25, -0.2) is 23.7 Å². The van der Waals surface area contributed by atoms with Crippen molar-refractivity contribution in [1.82, 2.24) is 29.5 Å². The van der Waals surface area contributed by atoms with E-state index in [1.165, 1.54) is 4.57 Å². The zero-order valence-electron chi connectivity index (χ0n) is 18.0. The number of fused-ring (bicyclic) bond motifs is 2.